The van der Waals surface area contributed by atoms with Crippen LogP contribution in [0.15, 0.2) is 35.4 Å². The third-order valence-corrected chi connectivity index (χ3v) is 2.42. The van der Waals surface area contributed by atoms with Crippen molar-refractivity contribution >= 4 is 5.84 Å². The van der Waals surface area contributed by atoms with Gasteiger partial charge in [-0.05, 0) is 12.5 Å². The monoisotopic (exact) mass is 189 g/mol. The summed E-state index contributed by atoms with van der Waals surface area (Å²) in [7, 11) is 0. The van der Waals surface area contributed by atoms with E-state index < -0.39 is 0 Å². The molecule has 0 aliphatic carbocycles. The number of amidine groups is 1. The topological polar surface area (TPSA) is 27.6 Å². The molecular formula is C11H15N3. The molecule has 0 fully saturated rings. The van der Waals surface area contributed by atoms with Crippen molar-refractivity contribution < 1.29 is 0 Å². The zero-order chi connectivity index (χ0) is 9.80. The highest BCUT2D eigenvalue weighted by atomic mass is 15.5. The van der Waals surface area contributed by atoms with E-state index in [4.69, 9.17) is 0 Å². The van der Waals surface area contributed by atoms with Crippen molar-refractivity contribution in [1.29, 1.82) is 0 Å². The minimum atomic E-state index is 0.846. The molecule has 1 aromatic carbocycles. The quantitative estimate of drug-likeness (QED) is 0.778. The summed E-state index contributed by atoms with van der Waals surface area (Å²) in [5.41, 5.74) is 4.32. The van der Waals surface area contributed by atoms with E-state index in [2.05, 4.69) is 46.6 Å². The van der Waals surface area contributed by atoms with Crippen LogP contribution in [0.25, 0.3) is 0 Å². The SMILES string of the molecule is CCN1CNN=C1Cc1ccccc1. The molecule has 1 aliphatic rings. The fourth-order valence-corrected chi connectivity index (χ4v) is 1.60. The predicted octanol–water partition coefficient (Wildman–Crippen LogP) is 1.43. The molecular weight excluding hydrogens is 174 g/mol. The second-order valence-corrected chi connectivity index (χ2v) is 3.36. The van der Waals surface area contributed by atoms with Gasteiger partial charge in [-0.15, -0.1) is 0 Å². The summed E-state index contributed by atoms with van der Waals surface area (Å²) in [5, 5.41) is 4.28. The molecule has 14 heavy (non-hydrogen) atoms. The van der Waals surface area contributed by atoms with Crippen molar-refractivity contribution in [3.8, 4) is 0 Å². The van der Waals surface area contributed by atoms with E-state index in [9.17, 15) is 0 Å². The van der Waals surface area contributed by atoms with Crippen molar-refractivity contribution in [2.75, 3.05) is 13.2 Å². The Morgan fingerprint density at radius 2 is 2.14 bits per heavy atom. The lowest BCUT2D eigenvalue weighted by Gasteiger charge is -2.16. The van der Waals surface area contributed by atoms with Gasteiger partial charge in [-0.1, -0.05) is 30.3 Å². The van der Waals surface area contributed by atoms with E-state index >= 15 is 0 Å². The summed E-state index contributed by atoms with van der Waals surface area (Å²) < 4.78 is 0. The van der Waals surface area contributed by atoms with Crippen LogP contribution < -0.4 is 5.43 Å². The standard InChI is InChI=1S/C11H15N3/c1-2-14-9-12-13-11(14)8-10-6-4-3-5-7-10/h3-7,12H,2,8-9H2,1H3. The number of nitrogens with one attached hydrogen (secondary N) is 1. The van der Waals surface area contributed by atoms with E-state index in [-0.39, 0.29) is 0 Å². The number of nitrogens with zero attached hydrogens (tertiary/aromatic N) is 2. The molecule has 0 spiro atoms. The largest absolute Gasteiger partial charge is 0.340 e. The summed E-state index contributed by atoms with van der Waals surface area (Å²) in [6, 6.07) is 10.4. The summed E-state index contributed by atoms with van der Waals surface area (Å²) in [4.78, 5) is 2.24. The average Bonchev–Trinajstić information content (AvgIpc) is 2.67. The minimum absolute atomic E-state index is 0.846. The third kappa shape index (κ3) is 1.87. The van der Waals surface area contributed by atoms with E-state index in [1.807, 2.05) is 6.07 Å². The maximum Gasteiger partial charge on any atom is 0.130 e. The zero-order valence-corrected chi connectivity index (χ0v) is 8.40. The van der Waals surface area contributed by atoms with Gasteiger partial charge in [-0.3, -0.25) is 5.43 Å². The highest BCUT2D eigenvalue weighted by molar-refractivity contribution is 5.85. The van der Waals surface area contributed by atoms with Gasteiger partial charge in [-0.25, -0.2) is 0 Å². The molecule has 1 heterocycles. The Morgan fingerprint density at radius 3 is 2.86 bits per heavy atom. The van der Waals surface area contributed by atoms with E-state index in [1.165, 1.54) is 5.56 Å². The van der Waals surface area contributed by atoms with Gasteiger partial charge in [0.1, 0.15) is 12.5 Å². The lowest BCUT2D eigenvalue weighted by molar-refractivity contribution is 0.442. The molecule has 0 unspecified atom stereocenters. The van der Waals surface area contributed by atoms with E-state index in [1.54, 1.807) is 0 Å². The fourth-order valence-electron chi connectivity index (χ4n) is 1.60. The maximum absolute atomic E-state index is 4.28. The summed E-state index contributed by atoms with van der Waals surface area (Å²) in [6.07, 6.45) is 0.918. The molecule has 0 saturated heterocycles. The Labute approximate surface area is 84.4 Å². The maximum atomic E-state index is 4.28. The third-order valence-electron chi connectivity index (χ3n) is 2.42. The summed E-state index contributed by atoms with van der Waals surface area (Å²) in [5.74, 6) is 1.14. The lowest BCUT2D eigenvalue weighted by Crippen LogP contribution is -2.30. The molecule has 0 bridgehead atoms. The Balaban J connectivity index is 2.04. The first-order valence-electron chi connectivity index (χ1n) is 4.98. The molecule has 1 aromatic rings. The van der Waals surface area contributed by atoms with Crippen molar-refractivity contribution in [3.63, 3.8) is 0 Å². The molecule has 0 saturated carbocycles. The number of rotatable bonds is 3. The molecule has 3 heteroatoms. The summed E-state index contributed by atoms with van der Waals surface area (Å²) >= 11 is 0. The van der Waals surface area contributed by atoms with Crippen molar-refractivity contribution in [1.82, 2.24) is 10.3 Å². The molecule has 0 aromatic heterocycles. The molecule has 74 valence electrons. The van der Waals surface area contributed by atoms with Crippen molar-refractivity contribution in [2.45, 2.75) is 13.3 Å². The zero-order valence-electron chi connectivity index (χ0n) is 8.40. The van der Waals surface area contributed by atoms with Crippen LogP contribution in [0.4, 0.5) is 0 Å². The first-order chi connectivity index (χ1) is 6.90. The molecule has 1 N–H and O–H groups in total. The van der Waals surface area contributed by atoms with Gasteiger partial charge in [0.15, 0.2) is 0 Å². The highest BCUT2D eigenvalue weighted by Crippen LogP contribution is 2.06. The lowest BCUT2D eigenvalue weighted by atomic mass is 10.1. The number of benzene rings is 1. The smallest absolute Gasteiger partial charge is 0.130 e. The number of hydrazone groups is 1. The fraction of sp³-hybridized carbons (Fsp3) is 0.364. The Bertz CT molecular complexity index is 319. The van der Waals surface area contributed by atoms with E-state index in [0.29, 0.717) is 0 Å². The van der Waals surface area contributed by atoms with Crippen LogP contribution in [0.5, 0.6) is 0 Å². The van der Waals surface area contributed by atoms with Crippen LogP contribution in [-0.2, 0) is 6.42 Å². The van der Waals surface area contributed by atoms with Gasteiger partial charge >= 0.3 is 0 Å². The minimum Gasteiger partial charge on any atom is -0.340 e. The van der Waals surface area contributed by atoms with Crippen LogP contribution in [-0.4, -0.2) is 23.9 Å². The van der Waals surface area contributed by atoms with Gasteiger partial charge in [0, 0.05) is 13.0 Å². The Hall–Kier alpha value is -1.51. The van der Waals surface area contributed by atoms with Crippen LogP contribution in [0.1, 0.15) is 12.5 Å². The molecule has 1 aliphatic heterocycles. The predicted molar refractivity (Wildman–Crippen MR) is 58.0 cm³/mol. The summed E-state index contributed by atoms with van der Waals surface area (Å²) in [6.45, 7) is 4.00. The van der Waals surface area contributed by atoms with Gasteiger partial charge in [0.25, 0.3) is 0 Å². The Morgan fingerprint density at radius 1 is 1.36 bits per heavy atom. The Kier molecular flexibility index (Phi) is 2.68. The number of hydrogen-bond acceptors (Lipinski definition) is 3. The first kappa shape index (κ1) is 9.06. The average molecular weight is 189 g/mol. The van der Waals surface area contributed by atoms with Crippen molar-refractivity contribution in [3.05, 3.63) is 35.9 Å². The van der Waals surface area contributed by atoms with Gasteiger partial charge < -0.3 is 4.90 Å². The van der Waals surface area contributed by atoms with Crippen molar-refractivity contribution in [2.24, 2.45) is 5.10 Å². The highest BCUT2D eigenvalue weighted by Gasteiger charge is 2.14. The second-order valence-electron chi connectivity index (χ2n) is 3.36. The number of hydrogen-bond donors (Lipinski definition) is 1. The molecule has 2 rings (SSSR count). The van der Waals surface area contributed by atoms with Crippen LogP contribution in [0, 0.1) is 0 Å². The molecule has 0 amide bonds. The molecule has 3 nitrogen and oxygen atoms in total. The number of likely N-dealkylation sites (N-methyl/N-ethyl adjacent to an activating group) is 1. The van der Waals surface area contributed by atoms with Crippen LogP contribution in [0.2, 0.25) is 0 Å². The van der Waals surface area contributed by atoms with Crippen LogP contribution in [0.3, 0.4) is 0 Å². The van der Waals surface area contributed by atoms with Gasteiger partial charge in [-0.2, -0.15) is 5.10 Å². The molecule has 0 radical (unpaired) electrons. The second kappa shape index (κ2) is 4.13. The van der Waals surface area contributed by atoms with Gasteiger partial charge in [0.05, 0.1) is 0 Å². The molecule has 0 atom stereocenters. The van der Waals surface area contributed by atoms with Gasteiger partial charge in [0.2, 0.25) is 0 Å². The first-order valence-corrected chi connectivity index (χ1v) is 4.98. The van der Waals surface area contributed by atoms with Crippen LogP contribution >= 0.6 is 0 Å². The van der Waals surface area contributed by atoms with E-state index in [0.717, 1.165) is 25.5 Å². The normalized spacial score (nSPS) is 15.2.